The normalized spacial score (nSPS) is 16.1. The lowest BCUT2D eigenvalue weighted by Crippen LogP contribution is -2.53. The molecule has 17 heavy (non-hydrogen) atoms. The van der Waals surface area contributed by atoms with Gasteiger partial charge in [0.1, 0.15) is 6.42 Å². The minimum atomic E-state index is -0.782. The zero-order chi connectivity index (χ0) is 12.6. The van der Waals surface area contributed by atoms with Gasteiger partial charge in [-0.15, -0.1) is 0 Å². The first-order valence-corrected chi connectivity index (χ1v) is 5.78. The number of rotatable bonds is 1. The average Bonchev–Trinajstić information content (AvgIpc) is 2.19. The summed E-state index contributed by atoms with van der Waals surface area (Å²) >= 11 is 9.16. The van der Waals surface area contributed by atoms with Gasteiger partial charge in [-0.1, -0.05) is 27.5 Å². The maximum atomic E-state index is 11.6. The van der Waals surface area contributed by atoms with Gasteiger partial charge in [0.25, 0.3) is 0 Å². The number of anilines is 1. The number of nitrogens with one attached hydrogen (secondary N) is 1. The molecule has 4 amide bonds. The zero-order valence-corrected chi connectivity index (χ0v) is 10.7. The molecule has 0 spiro atoms. The van der Waals surface area contributed by atoms with Crippen LogP contribution in [0, 0.1) is 0 Å². The molecule has 5 nitrogen and oxygen atoms in total. The Morgan fingerprint density at radius 2 is 2.00 bits per heavy atom. The molecule has 0 atom stereocenters. The first-order chi connectivity index (χ1) is 7.99. The Kier molecular flexibility index (Phi) is 3.17. The van der Waals surface area contributed by atoms with Gasteiger partial charge >= 0.3 is 6.03 Å². The third-order valence-corrected chi connectivity index (χ3v) is 2.96. The van der Waals surface area contributed by atoms with Gasteiger partial charge in [-0.2, -0.15) is 0 Å². The Balaban J connectivity index is 2.42. The van der Waals surface area contributed by atoms with Gasteiger partial charge in [-0.05, 0) is 18.2 Å². The molecule has 1 aliphatic rings. The smallest absolute Gasteiger partial charge is 0.277 e. The summed E-state index contributed by atoms with van der Waals surface area (Å²) in [6.07, 6.45) is -0.363. The summed E-state index contributed by atoms with van der Waals surface area (Å²) in [4.78, 5) is 35.0. The number of carbonyl (C=O) groups is 3. The van der Waals surface area contributed by atoms with Crippen LogP contribution in [0.5, 0.6) is 0 Å². The first kappa shape index (κ1) is 12.1. The van der Waals surface area contributed by atoms with Gasteiger partial charge in [0.2, 0.25) is 11.8 Å². The van der Waals surface area contributed by atoms with Crippen molar-refractivity contribution in [2.45, 2.75) is 6.42 Å². The van der Waals surface area contributed by atoms with Gasteiger partial charge in [0.05, 0.1) is 10.7 Å². The summed E-state index contributed by atoms with van der Waals surface area (Å²) in [5, 5.41) is 2.30. The number of carbonyl (C=O) groups excluding carboxylic acids is 3. The number of benzene rings is 1. The quantitative estimate of drug-likeness (QED) is 0.806. The summed E-state index contributed by atoms with van der Waals surface area (Å²) < 4.78 is 0.729. The zero-order valence-electron chi connectivity index (χ0n) is 8.37. The van der Waals surface area contributed by atoms with E-state index in [0.717, 1.165) is 9.37 Å². The monoisotopic (exact) mass is 316 g/mol. The van der Waals surface area contributed by atoms with E-state index < -0.39 is 17.8 Å². The number of urea groups is 1. The number of nitrogens with zero attached hydrogens (tertiary/aromatic N) is 1. The van der Waals surface area contributed by atoms with E-state index in [2.05, 4.69) is 21.2 Å². The molecular formula is C10H6BrClN2O3. The second kappa shape index (κ2) is 4.46. The molecule has 0 unspecified atom stereocenters. The second-order valence-electron chi connectivity index (χ2n) is 3.35. The van der Waals surface area contributed by atoms with Crippen LogP contribution in [0.2, 0.25) is 5.02 Å². The van der Waals surface area contributed by atoms with Gasteiger partial charge in [0.15, 0.2) is 0 Å². The Labute approximate surface area is 110 Å². The number of hydrogen-bond donors (Lipinski definition) is 1. The fourth-order valence-electron chi connectivity index (χ4n) is 1.46. The highest BCUT2D eigenvalue weighted by atomic mass is 79.9. The first-order valence-electron chi connectivity index (χ1n) is 4.61. The fourth-order valence-corrected chi connectivity index (χ4v) is 2.21. The number of amides is 4. The van der Waals surface area contributed by atoms with E-state index in [-0.39, 0.29) is 17.1 Å². The van der Waals surface area contributed by atoms with Crippen molar-refractivity contribution >= 4 is 51.1 Å². The topological polar surface area (TPSA) is 66.5 Å². The van der Waals surface area contributed by atoms with Crippen molar-refractivity contribution in [3.05, 3.63) is 27.7 Å². The van der Waals surface area contributed by atoms with Crippen molar-refractivity contribution in [2.75, 3.05) is 4.90 Å². The average molecular weight is 318 g/mol. The number of halogens is 2. The Bertz CT molecular complexity index is 512. The molecular weight excluding hydrogens is 311 g/mol. The Morgan fingerprint density at radius 3 is 2.59 bits per heavy atom. The molecule has 1 saturated heterocycles. The van der Waals surface area contributed by atoms with Crippen LogP contribution < -0.4 is 10.2 Å². The van der Waals surface area contributed by atoms with Crippen LogP contribution in [0.15, 0.2) is 22.7 Å². The molecule has 0 aliphatic carbocycles. The van der Waals surface area contributed by atoms with Crippen molar-refractivity contribution in [3.63, 3.8) is 0 Å². The predicted octanol–water partition coefficient (Wildman–Crippen LogP) is 2.08. The minimum absolute atomic E-state index is 0.247. The highest BCUT2D eigenvalue weighted by Crippen LogP contribution is 2.30. The highest BCUT2D eigenvalue weighted by Gasteiger charge is 2.33. The molecule has 1 heterocycles. The lowest BCUT2D eigenvalue weighted by atomic mass is 10.2. The molecule has 7 heteroatoms. The molecule has 0 saturated carbocycles. The van der Waals surface area contributed by atoms with E-state index in [4.69, 9.17) is 11.6 Å². The lowest BCUT2D eigenvalue weighted by Gasteiger charge is -2.25. The third kappa shape index (κ3) is 2.32. The maximum Gasteiger partial charge on any atom is 0.335 e. The summed E-state index contributed by atoms with van der Waals surface area (Å²) in [7, 11) is 0. The van der Waals surface area contributed by atoms with E-state index >= 15 is 0 Å². The van der Waals surface area contributed by atoms with E-state index in [1.165, 1.54) is 6.07 Å². The van der Waals surface area contributed by atoms with Crippen LogP contribution in [-0.2, 0) is 9.59 Å². The maximum absolute atomic E-state index is 11.6. The molecule has 1 aliphatic heterocycles. The molecule has 1 N–H and O–H groups in total. The Morgan fingerprint density at radius 1 is 1.29 bits per heavy atom. The van der Waals surface area contributed by atoms with Crippen molar-refractivity contribution < 1.29 is 14.4 Å². The van der Waals surface area contributed by atoms with Crippen molar-refractivity contribution in [1.29, 1.82) is 0 Å². The summed E-state index contributed by atoms with van der Waals surface area (Å²) in [5.74, 6) is -1.20. The second-order valence-corrected chi connectivity index (χ2v) is 4.68. The van der Waals surface area contributed by atoms with Crippen LogP contribution in [0.25, 0.3) is 0 Å². The molecule has 0 aromatic heterocycles. The molecule has 0 bridgehead atoms. The fraction of sp³-hybridized carbons (Fsp3) is 0.100. The summed E-state index contributed by atoms with van der Waals surface area (Å²) in [6.45, 7) is 0. The van der Waals surface area contributed by atoms with E-state index in [1.807, 2.05) is 0 Å². The van der Waals surface area contributed by atoms with Crippen LogP contribution >= 0.6 is 27.5 Å². The summed E-state index contributed by atoms with van der Waals surface area (Å²) in [5.41, 5.74) is 0.255. The standard InChI is InChI=1S/C10H6BrClN2O3/c11-5-1-2-7(6(12)3-5)14-9(16)4-8(15)13-10(14)17/h1-3H,4H2,(H,13,15,17). The Hall–Kier alpha value is -1.40. The van der Waals surface area contributed by atoms with Crippen LogP contribution in [0.4, 0.5) is 10.5 Å². The van der Waals surface area contributed by atoms with Crippen molar-refractivity contribution in [1.82, 2.24) is 5.32 Å². The molecule has 1 aromatic carbocycles. The molecule has 0 radical (unpaired) electrons. The van der Waals surface area contributed by atoms with Crippen LogP contribution in [0.1, 0.15) is 6.42 Å². The van der Waals surface area contributed by atoms with Crippen LogP contribution in [0.3, 0.4) is 0 Å². The molecule has 1 aromatic rings. The lowest BCUT2D eigenvalue weighted by molar-refractivity contribution is -0.128. The van der Waals surface area contributed by atoms with Crippen molar-refractivity contribution in [2.24, 2.45) is 0 Å². The van der Waals surface area contributed by atoms with Crippen LogP contribution in [-0.4, -0.2) is 17.8 Å². The number of hydrogen-bond acceptors (Lipinski definition) is 3. The van der Waals surface area contributed by atoms with Gasteiger partial charge in [-0.3, -0.25) is 14.9 Å². The van der Waals surface area contributed by atoms with E-state index in [0.29, 0.717) is 0 Å². The van der Waals surface area contributed by atoms with E-state index in [1.54, 1.807) is 12.1 Å². The van der Waals surface area contributed by atoms with Gasteiger partial charge in [0, 0.05) is 4.47 Å². The van der Waals surface area contributed by atoms with Crippen molar-refractivity contribution in [3.8, 4) is 0 Å². The SMILES string of the molecule is O=C1CC(=O)N(c2ccc(Br)cc2Cl)C(=O)N1. The summed E-state index contributed by atoms with van der Waals surface area (Å²) in [6, 6.07) is 3.96. The van der Waals surface area contributed by atoms with Gasteiger partial charge in [-0.25, -0.2) is 9.69 Å². The molecule has 1 fully saturated rings. The largest absolute Gasteiger partial charge is 0.335 e. The van der Waals surface area contributed by atoms with E-state index in [9.17, 15) is 14.4 Å². The molecule has 2 rings (SSSR count). The predicted molar refractivity (Wildman–Crippen MR) is 64.8 cm³/mol. The highest BCUT2D eigenvalue weighted by molar-refractivity contribution is 9.10. The molecule has 88 valence electrons. The number of barbiturate groups is 1. The minimum Gasteiger partial charge on any atom is -0.277 e. The van der Waals surface area contributed by atoms with Gasteiger partial charge < -0.3 is 0 Å². The third-order valence-electron chi connectivity index (χ3n) is 2.16. The number of imide groups is 2.